The second-order valence-electron chi connectivity index (χ2n) is 3.33. The van der Waals surface area contributed by atoms with E-state index >= 15 is 0 Å². The van der Waals surface area contributed by atoms with Crippen LogP contribution in [-0.4, -0.2) is 26.8 Å². The first-order valence-electron chi connectivity index (χ1n) is 4.81. The summed E-state index contributed by atoms with van der Waals surface area (Å²) in [6.45, 7) is 3.93. The summed E-state index contributed by atoms with van der Waals surface area (Å²) in [5.74, 6) is -0.773. The predicted molar refractivity (Wildman–Crippen MR) is 71.1 cm³/mol. The van der Waals surface area contributed by atoms with Crippen LogP contribution in [0.25, 0.3) is 10.6 Å². The van der Waals surface area contributed by atoms with Gasteiger partial charge in [-0.2, -0.15) is 0 Å². The van der Waals surface area contributed by atoms with Gasteiger partial charge in [-0.05, 0) is 13.8 Å². The van der Waals surface area contributed by atoms with E-state index < -0.39 is 5.97 Å². The van der Waals surface area contributed by atoms with E-state index in [-0.39, 0.29) is 5.75 Å². The van der Waals surface area contributed by atoms with Crippen LogP contribution in [0.1, 0.15) is 10.7 Å². The van der Waals surface area contributed by atoms with Gasteiger partial charge in [-0.15, -0.1) is 22.7 Å². The molecule has 7 heteroatoms. The van der Waals surface area contributed by atoms with Crippen LogP contribution in [0.15, 0.2) is 9.72 Å². The number of carboxylic acid groups (broad SMARTS) is 1. The van der Waals surface area contributed by atoms with Crippen LogP contribution >= 0.6 is 34.4 Å². The topological polar surface area (TPSA) is 63.1 Å². The van der Waals surface area contributed by atoms with E-state index in [1.807, 2.05) is 19.2 Å². The minimum atomic E-state index is -0.823. The molecule has 2 rings (SSSR count). The van der Waals surface area contributed by atoms with E-state index in [9.17, 15) is 4.79 Å². The van der Waals surface area contributed by atoms with Gasteiger partial charge in [0.2, 0.25) is 0 Å². The van der Waals surface area contributed by atoms with Crippen molar-refractivity contribution in [3.05, 3.63) is 16.1 Å². The fourth-order valence-corrected chi connectivity index (χ4v) is 3.81. The van der Waals surface area contributed by atoms with E-state index in [2.05, 4.69) is 9.97 Å². The van der Waals surface area contributed by atoms with Gasteiger partial charge in [-0.3, -0.25) is 4.79 Å². The van der Waals surface area contributed by atoms with Crippen molar-refractivity contribution in [2.45, 2.75) is 18.2 Å². The maximum Gasteiger partial charge on any atom is 0.313 e. The minimum Gasteiger partial charge on any atom is -0.481 e. The lowest BCUT2D eigenvalue weighted by atomic mass is 10.3. The molecule has 2 heterocycles. The van der Waals surface area contributed by atoms with Crippen molar-refractivity contribution in [2.75, 3.05) is 5.75 Å². The third-order valence-corrected chi connectivity index (χ3v) is 5.04. The maximum absolute atomic E-state index is 10.5. The smallest absolute Gasteiger partial charge is 0.313 e. The Bertz CT molecular complexity index is 547. The Morgan fingerprint density at radius 3 is 2.82 bits per heavy atom. The summed E-state index contributed by atoms with van der Waals surface area (Å²) >= 11 is 4.33. The highest BCUT2D eigenvalue weighted by molar-refractivity contribution is 8.01. The van der Waals surface area contributed by atoms with Gasteiger partial charge in [0.15, 0.2) is 4.34 Å². The fraction of sp³-hybridized carbons (Fsp3) is 0.300. The molecule has 4 nitrogen and oxygen atoms in total. The molecule has 90 valence electrons. The Labute approximate surface area is 111 Å². The average Bonchev–Trinajstić information content (AvgIpc) is 2.82. The molecular weight excluding hydrogens is 276 g/mol. The van der Waals surface area contributed by atoms with Crippen molar-refractivity contribution in [3.63, 3.8) is 0 Å². The van der Waals surface area contributed by atoms with Crippen molar-refractivity contribution in [3.8, 4) is 10.6 Å². The number of aryl methyl sites for hydroxylation is 2. The monoisotopic (exact) mass is 286 g/mol. The summed E-state index contributed by atoms with van der Waals surface area (Å²) in [5, 5.41) is 11.6. The molecule has 17 heavy (non-hydrogen) atoms. The van der Waals surface area contributed by atoms with Crippen molar-refractivity contribution < 1.29 is 9.90 Å². The van der Waals surface area contributed by atoms with Crippen molar-refractivity contribution in [1.29, 1.82) is 0 Å². The number of carbonyl (C=O) groups is 1. The fourth-order valence-electron chi connectivity index (χ4n) is 1.32. The van der Waals surface area contributed by atoms with E-state index in [4.69, 9.17) is 5.11 Å². The summed E-state index contributed by atoms with van der Waals surface area (Å²) in [6, 6.07) is 0. The summed E-state index contributed by atoms with van der Waals surface area (Å²) in [6.07, 6.45) is 0. The number of carboxylic acids is 1. The van der Waals surface area contributed by atoms with E-state index in [1.54, 1.807) is 11.3 Å². The van der Waals surface area contributed by atoms with Gasteiger partial charge in [-0.1, -0.05) is 11.8 Å². The van der Waals surface area contributed by atoms with Crippen molar-refractivity contribution in [1.82, 2.24) is 9.97 Å². The second kappa shape index (κ2) is 5.16. The highest BCUT2D eigenvalue weighted by Crippen LogP contribution is 2.33. The first-order chi connectivity index (χ1) is 8.06. The summed E-state index contributed by atoms with van der Waals surface area (Å²) in [4.78, 5) is 20.3. The van der Waals surface area contributed by atoms with Crippen LogP contribution in [0.2, 0.25) is 0 Å². The molecule has 0 aliphatic rings. The standard InChI is InChI=1S/C10H10N2O2S3/c1-5-9(17-6(2)11-5)7-3-15-10(12-7)16-4-8(13)14/h3H,4H2,1-2H3,(H,13,14). The maximum atomic E-state index is 10.5. The molecule has 0 aliphatic heterocycles. The van der Waals surface area contributed by atoms with Crippen molar-refractivity contribution >= 4 is 40.4 Å². The quantitative estimate of drug-likeness (QED) is 0.875. The number of aromatic nitrogens is 2. The molecule has 0 atom stereocenters. The van der Waals surface area contributed by atoms with Crippen LogP contribution in [0.3, 0.4) is 0 Å². The van der Waals surface area contributed by atoms with Gasteiger partial charge < -0.3 is 5.11 Å². The lowest BCUT2D eigenvalue weighted by molar-refractivity contribution is -0.133. The molecule has 0 bridgehead atoms. The van der Waals surface area contributed by atoms with Crippen molar-refractivity contribution in [2.24, 2.45) is 0 Å². The molecule has 0 aliphatic carbocycles. The first-order valence-corrected chi connectivity index (χ1v) is 7.49. The Hall–Kier alpha value is -0.920. The molecule has 0 aromatic carbocycles. The van der Waals surface area contributed by atoms with Gasteiger partial charge in [0, 0.05) is 5.38 Å². The van der Waals surface area contributed by atoms with Crippen LogP contribution < -0.4 is 0 Å². The number of aliphatic carboxylic acids is 1. The van der Waals surface area contributed by atoms with Gasteiger partial charge in [-0.25, -0.2) is 9.97 Å². The molecule has 0 spiro atoms. The van der Waals surface area contributed by atoms with Gasteiger partial charge in [0.05, 0.1) is 27.0 Å². The molecule has 0 amide bonds. The molecule has 0 saturated carbocycles. The zero-order valence-corrected chi connectivity index (χ0v) is 11.7. The zero-order valence-electron chi connectivity index (χ0n) is 9.26. The SMILES string of the molecule is Cc1nc(C)c(-c2csc(SCC(=O)O)n2)s1. The third kappa shape index (κ3) is 3.05. The van der Waals surface area contributed by atoms with E-state index in [0.29, 0.717) is 0 Å². The molecule has 2 aromatic heterocycles. The largest absolute Gasteiger partial charge is 0.481 e. The van der Waals surface area contributed by atoms with Gasteiger partial charge >= 0.3 is 5.97 Å². The minimum absolute atomic E-state index is 0.0493. The number of hydrogen-bond acceptors (Lipinski definition) is 6. The molecule has 1 N–H and O–H groups in total. The number of nitrogens with zero attached hydrogens (tertiary/aromatic N) is 2. The highest BCUT2D eigenvalue weighted by Gasteiger charge is 2.12. The van der Waals surface area contributed by atoms with E-state index in [0.717, 1.165) is 25.6 Å². The molecule has 0 saturated heterocycles. The summed E-state index contributed by atoms with van der Waals surface area (Å²) < 4.78 is 0.785. The molecule has 0 unspecified atom stereocenters. The van der Waals surface area contributed by atoms with Crippen LogP contribution in [0.5, 0.6) is 0 Å². The Morgan fingerprint density at radius 2 is 2.24 bits per heavy atom. The van der Waals surface area contributed by atoms with E-state index in [1.165, 1.54) is 23.1 Å². The molecule has 2 aromatic rings. The summed E-state index contributed by atoms with van der Waals surface area (Å²) in [5.41, 5.74) is 1.87. The number of hydrogen-bond donors (Lipinski definition) is 1. The third-order valence-electron chi connectivity index (χ3n) is 1.94. The normalized spacial score (nSPS) is 10.7. The lowest BCUT2D eigenvalue weighted by Crippen LogP contribution is -1.96. The molecule has 0 fully saturated rings. The first kappa shape index (κ1) is 12.5. The zero-order chi connectivity index (χ0) is 12.4. The molecule has 0 radical (unpaired) electrons. The average molecular weight is 286 g/mol. The van der Waals surface area contributed by atoms with Gasteiger partial charge in [0.1, 0.15) is 0 Å². The Kier molecular flexibility index (Phi) is 3.80. The van der Waals surface area contributed by atoms with Crippen LogP contribution in [0.4, 0.5) is 0 Å². The predicted octanol–water partition coefficient (Wildman–Crippen LogP) is 3.06. The molecular formula is C10H10N2O2S3. The number of thioether (sulfide) groups is 1. The summed E-state index contributed by atoms with van der Waals surface area (Å²) in [7, 11) is 0. The van der Waals surface area contributed by atoms with Crippen LogP contribution in [-0.2, 0) is 4.79 Å². The number of thiazole rings is 2. The second-order valence-corrected chi connectivity index (χ2v) is 6.61. The van der Waals surface area contributed by atoms with Gasteiger partial charge in [0.25, 0.3) is 0 Å². The number of rotatable bonds is 4. The lowest BCUT2D eigenvalue weighted by Gasteiger charge is -1.92. The Morgan fingerprint density at radius 1 is 1.47 bits per heavy atom. The highest BCUT2D eigenvalue weighted by atomic mass is 32.2. The Balaban J connectivity index is 2.18. The van der Waals surface area contributed by atoms with Crippen LogP contribution in [0, 0.1) is 13.8 Å².